The van der Waals surface area contributed by atoms with Gasteiger partial charge in [-0.3, -0.25) is 13.9 Å². The molecule has 3 aromatic rings. The molecule has 0 saturated carbocycles. The average molecular weight is 550 g/mol. The van der Waals surface area contributed by atoms with Gasteiger partial charge in [0.1, 0.15) is 12.6 Å². The van der Waals surface area contributed by atoms with Gasteiger partial charge in [0.2, 0.25) is 11.8 Å². The number of benzene rings is 3. The first-order chi connectivity index (χ1) is 18.5. The first kappa shape index (κ1) is 29.9. The highest BCUT2D eigenvalue weighted by Gasteiger charge is 2.34. The van der Waals surface area contributed by atoms with Crippen LogP contribution in [0.1, 0.15) is 43.9 Å². The minimum atomic E-state index is -4.08. The molecule has 0 aromatic heterocycles. The summed E-state index contributed by atoms with van der Waals surface area (Å²) in [6, 6.07) is 22.2. The molecule has 0 bridgehead atoms. The second-order valence-corrected chi connectivity index (χ2v) is 12.0. The maximum absolute atomic E-state index is 14.1. The highest BCUT2D eigenvalue weighted by atomic mass is 32.2. The summed E-state index contributed by atoms with van der Waals surface area (Å²) in [4.78, 5) is 28.9. The summed E-state index contributed by atoms with van der Waals surface area (Å²) in [6.45, 7) is 9.85. The van der Waals surface area contributed by atoms with Gasteiger partial charge in [0, 0.05) is 13.1 Å². The lowest BCUT2D eigenvalue weighted by atomic mass is 10.1. The van der Waals surface area contributed by atoms with E-state index in [0.717, 1.165) is 21.0 Å². The van der Waals surface area contributed by atoms with Gasteiger partial charge in [-0.15, -0.1) is 0 Å². The first-order valence-electron chi connectivity index (χ1n) is 13.3. The van der Waals surface area contributed by atoms with E-state index in [9.17, 15) is 18.0 Å². The fourth-order valence-electron chi connectivity index (χ4n) is 4.44. The molecule has 1 atom stereocenters. The minimum absolute atomic E-state index is 0.0918. The highest BCUT2D eigenvalue weighted by Crippen LogP contribution is 2.28. The van der Waals surface area contributed by atoms with Crippen LogP contribution in [0.4, 0.5) is 5.69 Å². The Bertz CT molecular complexity index is 1360. The number of hydrogen-bond acceptors (Lipinski definition) is 4. The van der Waals surface area contributed by atoms with Crippen LogP contribution in [0.5, 0.6) is 0 Å². The molecular weight excluding hydrogens is 510 g/mol. The fraction of sp³-hybridized carbons (Fsp3) is 0.355. The fourth-order valence-corrected chi connectivity index (χ4v) is 5.94. The van der Waals surface area contributed by atoms with E-state index < -0.39 is 28.5 Å². The van der Waals surface area contributed by atoms with E-state index >= 15 is 0 Å². The number of carbonyl (C=O) groups is 2. The zero-order valence-electron chi connectivity index (χ0n) is 23.4. The van der Waals surface area contributed by atoms with Crippen molar-refractivity contribution in [3.8, 4) is 0 Å². The molecule has 3 aromatic carbocycles. The molecule has 7 nitrogen and oxygen atoms in total. The largest absolute Gasteiger partial charge is 0.354 e. The normalized spacial score (nSPS) is 12.2. The molecular formula is C31H39N3O4S. The third kappa shape index (κ3) is 7.69. The smallest absolute Gasteiger partial charge is 0.264 e. The van der Waals surface area contributed by atoms with E-state index in [0.29, 0.717) is 18.7 Å². The van der Waals surface area contributed by atoms with Crippen molar-refractivity contribution in [1.29, 1.82) is 0 Å². The van der Waals surface area contributed by atoms with Crippen LogP contribution in [-0.2, 0) is 26.2 Å². The van der Waals surface area contributed by atoms with Crippen molar-refractivity contribution >= 4 is 27.5 Å². The summed E-state index contributed by atoms with van der Waals surface area (Å²) < 4.78 is 29.0. The van der Waals surface area contributed by atoms with Crippen molar-refractivity contribution in [1.82, 2.24) is 10.2 Å². The Labute approximate surface area is 232 Å². The van der Waals surface area contributed by atoms with Crippen LogP contribution in [0.15, 0.2) is 83.8 Å². The molecule has 2 amide bonds. The van der Waals surface area contributed by atoms with E-state index in [4.69, 9.17) is 0 Å². The Morgan fingerprint density at radius 2 is 1.51 bits per heavy atom. The monoisotopic (exact) mass is 549 g/mol. The number of sulfonamides is 1. The molecule has 0 heterocycles. The van der Waals surface area contributed by atoms with Crippen LogP contribution in [0.3, 0.4) is 0 Å². The maximum Gasteiger partial charge on any atom is 0.264 e. The first-order valence-corrected chi connectivity index (χ1v) is 14.7. The van der Waals surface area contributed by atoms with Crippen LogP contribution < -0.4 is 9.62 Å². The van der Waals surface area contributed by atoms with Gasteiger partial charge in [0.15, 0.2) is 0 Å². The second-order valence-electron chi connectivity index (χ2n) is 10.2. The molecule has 0 saturated heterocycles. The lowest BCUT2D eigenvalue weighted by molar-refractivity contribution is -0.140. The van der Waals surface area contributed by atoms with Crippen molar-refractivity contribution in [3.05, 3.63) is 95.6 Å². The molecule has 0 radical (unpaired) electrons. The summed E-state index contributed by atoms with van der Waals surface area (Å²) in [5.74, 6) is -0.454. The van der Waals surface area contributed by atoms with E-state index in [1.54, 1.807) is 24.3 Å². The third-order valence-electron chi connectivity index (χ3n) is 6.50. The van der Waals surface area contributed by atoms with Gasteiger partial charge in [-0.1, -0.05) is 87.0 Å². The van der Waals surface area contributed by atoms with Crippen LogP contribution in [0.25, 0.3) is 0 Å². The van der Waals surface area contributed by atoms with Gasteiger partial charge < -0.3 is 10.2 Å². The quantitative estimate of drug-likeness (QED) is 0.341. The summed E-state index contributed by atoms with van der Waals surface area (Å²) in [7, 11) is -4.08. The van der Waals surface area contributed by atoms with Gasteiger partial charge in [-0.25, -0.2) is 8.42 Å². The van der Waals surface area contributed by atoms with Gasteiger partial charge in [-0.2, -0.15) is 0 Å². The molecule has 0 aliphatic rings. The molecule has 39 heavy (non-hydrogen) atoms. The predicted molar refractivity (Wildman–Crippen MR) is 156 cm³/mol. The molecule has 1 N–H and O–H groups in total. The number of nitrogens with zero attached hydrogens (tertiary/aromatic N) is 2. The lowest BCUT2D eigenvalue weighted by Crippen LogP contribution is -2.52. The number of nitrogens with one attached hydrogen (secondary N) is 1. The maximum atomic E-state index is 14.1. The van der Waals surface area contributed by atoms with Crippen molar-refractivity contribution < 1.29 is 18.0 Å². The van der Waals surface area contributed by atoms with E-state index in [1.807, 2.05) is 77.1 Å². The van der Waals surface area contributed by atoms with Gasteiger partial charge in [0.25, 0.3) is 10.0 Å². The zero-order chi connectivity index (χ0) is 28.6. The lowest BCUT2D eigenvalue weighted by Gasteiger charge is -2.33. The Hall–Kier alpha value is -3.65. The molecule has 0 spiro atoms. The third-order valence-corrected chi connectivity index (χ3v) is 8.27. The van der Waals surface area contributed by atoms with Crippen LogP contribution in [0.2, 0.25) is 0 Å². The molecule has 0 fully saturated rings. The standard InChI is InChI=1S/C31H39N3O4S/c1-6-28(31(36)32-20-23(2)3)33(21-26-13-9-7-10-14-26)30(35)22-34(29-18-17-24(4)19-25(29)5)39(37,38)27-15-11-8-12-16-27/h7-19,23,28H,6,20-22H2,1-5H3,(H,32,36). The zero-order valence-corrected chi connectivity index (χ0v) is 24.2. The summed E-state index contributed by atoms with van der Waals surface area (Å²) >= 11 is 0. The summed E-state index contributed by atoms with van der Waals surface area (Å²) in [5, 5.41) is 2.95. The Kier molecular flexibility index (Phi) is 10.3. The SMILES string of the molecule is CCC(C(=O)NCC(C)C)N(Cc1ccccc1)C(=O)CN(c1ccc(C)cc1C)S(=O)(=O)c1ccccc1. The Morgan fingerprint density at radius 3 is 2.08 bits per heavy atom. The average Bonchev–Trinajstić information content (AvgIpc) is 2.91. The number of carbonyl (C=O) groups excluding carboxylic acids is 2. The van der Waals surface area contributed by atoms with Crippen molar-refractivity contribution in [2.45, 2.75) is 58.5 Å². The van der Waals surface area contributed by atoms with E-state index in [1.165, 1.54) is 17.0 Å². The molecule has 1 unspecified atom stereocenters. The van der Waals surface area contributed by atoms with Gasteiger partial charge in [0.05, 0.1) is 10.6 Å². The predicted octanol–water partition coefficient (Wildman–Crippen LogP) is 5.08. The molecule has 208 valence electrons. The summed E-state index contributed by atoms with van der Waals surface area (Å²) in [5.41, 5.74) is 3.00. The van der Waals surface area contributed by atoms with E-state index in [-0.39, 0.29) is 23.3 Å². The van der Waals surface area contributed by atoms with Crippen molar-refractivity contribution in [2.24, 2.45) is 5.92 Å². The molecule has 3 rings (SSSR count). The summed E-state index contributed by atoms with van der Waals surface area (Å²) in [6.07, 6.45) is 0.386. The number of rotatable bonds is 12. The van der Waals surface area contributed by atoms with Gasteiger partial charge in [-0.05, 0) is 55.5 Å². The second kappa shape index (κ2) is 13.4. The molecule has 0 aliphatic carbocycles. The number of hydrogen-bond donors (Lipinski definition) is 1. The number of anilines is 1. The van der Waals surface area contributed by atoms with Gasteiger partial charge >= 0.3 is 0 Å². The Balaban J connectivity index is 2.05. The number of amides is 2. The highest BCUT2D eigenvalue weighted by molar-refractivity contribution is 7.92. The molecule has 8 heteroatoms. The van der Waals surface area contributed by atoms with Crippen molar-refractivity contribution in [2.75, 3.05) is 17.4 Å². The Morgan fingerprint density at radius 1 is 0.897 bits per heavy atom. The van der Waals surface area contributed by atoms with Crippen LogP contribution in [0, 0.1) is 19.8 Å². The molecule has 0 aliphatic heterocycles. The topological polar surface area (TPSA) is 86.8 Å². The van der Waals surface area contributed by atoms with Crippen molar-refractivity contribution in [3.63, 3.8) is 0 Å². The number of aryl methyl sites for hydroxylation is 2. The van der Waals surface area contributed by atoms with Crippen LogP contribution >= 0.6 is 0 Å². The van der Waals surface area contributed by atoms with E-state index in [2.05, 4.69) is 5.32 Å². The minimum Gasteiger partial charge on any atom is -0.354 e. The van der Waals surface area contributed by atoms with Crippen LogP contribution in [-0.4, -0.2) is 44.3 Å².